The van der Waals surface area contributed by atoms with Gasteiger partial charge in [0.2, 0.25) is 0 Å². The zero-order valence-corrected chi connectivity index (χ0v) is 32.5. The van der Waals surface area contributed by atoms with E-state index in [-0.39, 0.29) is 5.69 Å². The van der Waals surface area contributed by atoms with E-state index >= 15 is 0 Å². The number of carboxylic acid groups (broad SMARTS) is 1. The van der Waals surface area contributed by atoms with Gasteiger partial charge in [0.1, 0.15) is 18.1 Å². The quantitative estimate of drug-likeness (QED) is 0.0569. The number of nitrogens with two attached hydrogens (primary N) is 1. The molecule has 0 aliphatic carbocycles. The smallest absolute Gasteiger partial charge is 0.309 e. The molecule has 280 valence electrons. The van der Waals surface area contributed by atoms with Gasteiger partial charge in [0, 0.05) is 52.4 Å². The molecule has 3 heterocycles. The van der Waals surface area contributed by atoms with E-state index < -0.39 is 17.3 Å². The van der Waals surface area contributed by atoms with Gasteiger partial charge in [-0.3, -0.25) is 19.6 Å². The number of fused-ring (bicyclic) bond motifs is 1. The lowest BCUT2D eigenvalue weighted by Crippen LogP contribution is -2.27. The zero-order valence-electron chi connectivity index (χ0n) is 31.6. The molecule has 0 atom stereocenters. The predicted molar refractivity (Wildman–Crippen MR) is 215 cm³/mol. The van der Waals surface area contributed by atoms with E-state index in [1.54, 1.807) is 18.5 Å². The number of primary amides is 1. The Balaban J connectivity index is 1.49. The molecule has 53 heavy (non-hydrogen) atoms. The number of carbonyl (C=O) groups excluding carboxylic acids is 1. The van der Waals surface area contributed by atoms with Crippen LogP contribution in [0.5, 0.6) is 5.75 Å². The molecular formula is C44H54N4O4S. The zero-order chi connectivity index (χ0) is 37.8. The molecule has 0 saturated carbocycles. The van der Waals surface area contributed by atoms with Crippen LogP contribution in [-0.4, -0.2) is 37.3 Å². The highest BCUT2D eigenvalue weighted by atomic mass is 32.2. The lowest BCUT2D eigenvalue weighted by molar-refractivity contribution is -0.146. The Morgan fingerprint density at radius 2 is 1.62 bits per heavy atom. The average Bonchev–Trinajstić information content (AvgIpc) is 3.43. The summed E-state index contributed by atoms with van der Waals surface area (Å²) < 4.78 is 8.56. The fourth-order valence-electron chi connectivity index (χ4n) is 6.76. The summed E-state index contributed by atoms with van der Waals surface area (Å²) in [5.41, 5.74) is 10.5. The molecule has 2 aromatic carbocycles. The van der Waals surface area contributed by atoms with Crippen molar-refractivity contribution in [2.45, 2.75) is 104 Å². The monoisotopic (exact) mass is 734 g/mol. The van der Waals surface area contributed by atoms with Crippen LogP contribution in [0.1, 0.15) is 107 Å². The first-order valence-electron chi connectivity index (χ1n) is 19.0. The van der Waals surface area contributed by atoms with E-state index in [4.69, 9.17) is 10.5 Å². The Bertz CT molecular complexity index is 1930. The van der Waals surface area contributed by atoms with E-state index in [2.05, 4.69) is 64.8 Å². The first-order chi connectivity index (χ1) is 25.6. The lowest BCUT2D eigenvalue weighted by Gasteiger charge is -2.22. The number of carboxylic acids is 1. The average molecular weight is 735 g/mol. The minimum atomic E-state index is -0.973. The molecule has 0 fully saturated rings. The number of hydrogen-bond acceptors (Lipinski definition) is 6. The van der Waals surface area contributed by atoms with Crippen LogP contribution in [0.4, 0.5) is 0 Å². The number of unbranched alkanes of at least 4 members (excludes halogenated alkanes) is 2. The second kappa shape index (κ2) is 18.9. The van der Waals surface area contributed by atoms with Crippen LogP contribution in [0.25, 0.3) is 22.0 Å². The molecule has 0 aliphatic heterocycles. The van der Waals surface area contributed by atoms with Crippen molar-refractivity contribution in [2.24, 2.45) is 17.1 Å². The lowest BCUT2D eigenvalue weighted by atomic mass is 9.88. The minimum Gasteiger partial charge on any atom is -0.487 e. The second-order valence-corrected chi connectivity index (χ2v) is 15.8. The van der Waals surface area contributed by atoms with Crippen LogP contribution in [0.15, 0.2) is 90.1 Å². The van der Waals surface area contributed by atoms with Crippen molar-refractivity contribution in [1.82, 2.24) is 14.5 Å². The van der Waals surface area contributed by atoms with E-state index in [0.717, 1.165) is 67.7 Å². The number of ether oxygens (including phenoxy) is 1. The molecule has 5 rings (SSSR count). The number of aliphatic carboxylic acids is 1. The maximum absolute atomic E-state index is 12.6. The molecule has 3 aromatic heterocycles. The van der Waals surface area contributed by atoms with Gasteiger partial charge in [-0.1, -0.05) is 88.8 Å². The number of rotatable bonds is 21. The van der Waals surface area contributed by atoms with Crippen LogP contribution in [0.3, 0.4) is 0 Å². The third kappa shape index (κ3) is 10.7. The SMILES string of the molecule is CCCCC(CCCC)CCCSc1c(CC(C)(C)C(=O)O)n(Cc2ccc(-c3ccc(C(N)=O)nc3)cc2)c2ccc(OCc3ccccn3)cc12. The summed E-state index contributed by atoms with van der Waals surface area (Å²) >= 11 is 1.85. The molecule has 0 unspecified atom stereocenters. The molecule has 0 saturated heterocycles. The van der Waals surface area contributed by atoms with Gasteiger partial charge in [-0.15, -0.1) is 11.8 Å². The Labute approximate surface area is 318 Å². The second-order valence-electron chi connectivity index (χ2n) is 14.7. The largest absolute Gasteiger partial charge is 0.487 e. The van der Waals surface area contributed by atoms with Crippen LogP contribution < -0.4 is 10.5 Å². The summed E-state index contributed by atoms with van der Waals surface area (Å²) in [6, 6.07) is 23.8. The van der Waals surface area contributed by atoms with Gasteiger partial charge in [-0.05, 0) is 85.9 Å². The molecule has 3 N–H and O–H groups in total. The van der Waals surface area contributed by atoms with Crippen molar-refractivity contribution < 1.29 is 19.4 Å². The summed E-state index contributed by atoms with van der Waals surface area (Å²) in [7, 11) is 0. The molecular weight excluding hydrogens is 681 g/mol. The molecule has 0 bridgehead atoms. The molecule has 0 spiro atoms. The van der Waals surface area contributed by atoms with Crippen LogP contribution in [0, 0.1) is 11.3 Å². The molecule has 9 heteroatoms. The summed E-state index contributed by atoms with van der Waals surface area (Å²) in [6.07, 6.45) is 13.8. The number of hydrogen-bond donors (Lipinski definition) is 2. The Hall–Kier alpha value is -4.63. The first-order valence-corrected chi connectivity index (χ1v) is 20.0. The molecule has 1 amide bonds. The van der Waals surface area contributed by atoms with Crippen LogP contribution >= 0.6 is 11.8 Å². The summed E-state index contributed by atoms with van der Waals surface area (Å²) in [5, 5.41) is 11.4. The van der Waals surface area contributed by atoms with E-state index in [1.165, 1.54) is 44.9 Å². The van der Waals surface area contributed by atoms with Crippen LogP contribution in [0.2, 0.25) is 0 Å². The van der Waals surface area contributed by atoms with Crippen molar-refractivity contribution in [3.63, 3.8) is 0 Å². The highest BCUT2D eigenvalue weighted by Gasteiger charge is 2.32. The van der Waals surface area contributed by atoms with Gasteiger partial charge in [-0.25, -0.2) is 0 Å². The molecule has 8 nitrogen and oxygen atoms in total. The molecule has 0 aliphatic rings. The highest BCUT2D eigenvalue weighted by molar-refractivity contribution is 7.99. The number of nitrogens with zero attached hydrogens (tertiary/aromatic N) is 3. The van der Waals surface area contributed by atoms with Crippen molar-refractivity contribution in [3.8, 4) is 16.9 Å². The first kappa shape index (κ1) is 39.6. The minimum absolute atomic E-state index is 0.230. The maximum atomic E-state index is 12.6. The van der Waals surface area contributed by atoms with E-state index in [9.17, 15) is 14.7 Å². The van der Waals surface area contributed by atoms with Gasteiger partial charge < -0.3 is 20.1 Å². The molecule has 5 aromatic rings. The van der Waals surface area contributed by atoms with Crippen molar-refractivity contribution in [3.05, 3.63) is 108 Å². The summed E-state index contributed by atoms with van der Waals surface area (Å²) in [6.45, 7) is 9.10. The van der Waals surface area contributed by atoms with Gasteiger partial charge >= 0.3 is 5.97 Å². The number of amides is 1. The Kier molecular flexibility index (Phi) is 14.1. The highest BCUT2D eigenvalue weighted by Crippen LogP contribution is 2.41. The third-order valence-electron chi connectivity index (χ3n) is 9.97. The number of pyridine rings is 2. The number of benzene rings is 2. The van der Waals surface area contributed by atoms with Gasteiger partial charge in [-0.2, -0.15) is 0 Å². The van der Waals surface area contributed by atoms with Crippen molar-refractivity contribution in [1.29, 1.82) is 0 Å². The van der Waals surface area contributed by atoms with Crippen molar-refractivity contribution >= 4 is 34.5 Å². The summed E-state index contributed by atoms with van der Waals surface area (Å²) in [5.74, 6) is 1.10. The fourth-order valence-corrected chi connectivity index (χ4v) is 7.94. The number of aromatic nitrogens is 3. The maximum Gasteiger partial charge on any atom is 0.309 e. The summed E-state index contributed by atoms with van der Waals surface area (Å²) in [4.78, 5) is 33.8. The van der Waals surface area contributed by atoms with Gasteiger partial charge in [0.25, 0.3) is 5.91 Å². The number of thioether (sulfide) groups is 1. The standard InChI is InChI=1S/C44H54N4O4S/c1-5-7-12-31(13-8-6-2)14-11-25-53-41-37-26-36(52-30-35-15-9-10-24-46-35)21-23-39(37)48(40(41)27-44(3,4)43(50)51)29-32-16-18-33(19-17-32)34-20-22-38(42(45)49)47-28-34/h9-10,15-24,26,28,31H,5-8,11-14,25,27,29-30H2,1-4H3,(H2,45,49)(H,50,51). The van der Waals surface area contributed by atoms with E-state index in [0.29, 0.717) is 19.6 Å². The Morgan fingerprint density at radius 1 is 0.906 bits per heavy atom. The topological polar surface area (TPSA) is 120 Å². The normalized spacial score (nSPS) is 11.7. The Morgan fingerprint density at radius 3 is 2.25 bits per heavy atom. The predicted octanol–water partition coefficient (Wildman–Crippen LogP) is 10.3. The van der Waals surface area contributed by atoms with Gasteiger partial charge in [0.15, 0.2) is 0 Å². The van der Waals surface area contributed by atoms with E-state index in [1.807, 2.05) is 55.9 Å². The third-order valence-corrected chi connectivity index (χ3v) is 11.2. The van der Waals surface area contributed by atoms with Gasteiger partial charge in [0.05, 0.1) is 11.1 Å². The molecule has 0 radical (unpaired) electrons. The van der Waals surface area contributed by atoms with Crippen molar-refractivity contribution in [2.75, 3.05) is 5.75 Å². The van der Waals surface area contributed by atoms with Crippen LogP contribution in [-0.2, 0) is 24.4 Å². The number of carbonyl (C=O) groups is 2. The fraction of sp³-hybridized carbons (Fsp3) is 0.409.